The standard InChI is InChI=1S/C14H13Cl2N3O/c1-2-17-13-5-9(3-4-18-13)14(20)19-12-7-10(15)6-11(16)8-12/h3-8H,2H2,1H3,(H,17,18)(H,19,20). The molecule has 0 spiro atoms. The van der Waals surface area contributed by atoms with E-state index in [1.807, 2.05) is 6.92 Å². The summed E-state index contributed by atoms with van der Waals surface area (Å²) in [6.45, 7) is 2.70. The first-order chi connectivity index (χ1) is 9.58. The molecular weight excluding hydrogens is 297 g/mol. The molecule has 6 heteroatoms. The zero-order valence-electron chi connectivity index (χ0n) is 10.8. The Balaban J connectivity index is 2.17. The molecule has 0 atom stereocenters. The van der Waals surface area contributed by atoms with Gasteiger partial charge in [0.1, 0.15) is 5.82 Å². The highest BCUT2D eigenvalue weighted by Crippen LogP contribution is 2.23. The summed E-state index contributed by atoms with van der Waals surface area (Å²) in [6, 6.07) is 8.21. The first kappa shape index (κ1) is 14.6. The minimum atomic E-state index is -0.245. The Morgan fingerprint density at radius 3 is 2.55 bits per heavy atom. The molecule has 0 bridgehead atoms. The monoisotopic (exact) mass is 309 g/mol. The number of nitrogens with zero attached hydrogens (tertiary/aromatic N) is 1. The van der Waals surface area contributed by atoms with Gasteiger partial charge in [0.15, 0.2) is 0 Å². The van der Waals surface area contributed by atoms with Crippen LogP contribution in [0.15, 0.2) is 36.5 Å². The quantitative estimate of drug-likeness (QED) is 0.895. The van der Waals surface area contributed by atoms with Crippen LogP contribution in [0.1, 0.15) is 17.3 Å². The SMILES string of the molecule is CCNc1cc(C(=O)Nc2cc(Cl)cc(Cl)c2)ccn1. The summed E-state index contributed by atoms with van der Waals surface area (Å²) in [5.74, 6) is 0.411. The maximum absolute atomic E-state index is 12.1. The molecule has 0 saturated heterocycles. The summed E-state index contributed by atoms with van der Waals surface area (Å²) in [7, 11) is 0. The molecule has 0 saturated carbocycles. The first-order valence-electron chi connectivity index (χ1n) is 6.06. The van der Waals surface area contributed by atoms with Gasteiger partial charge in [0, 0.05) is 34.0 Å². The van der Waals surface area contributed by atoms with Crippen molar-refractivity contribution in [2.24, 2.45) is 0 Å². The lowest BCUT2D eigenvalue weighted by Crippen LogP contribution is -2.12. The van der Waals surface area contributed by atoms with Crippen molar-refractivity contribution in [3.05, 3.63) is 52.1 Å². The number of carbonyl (C=O) groups is 1. The fraction of sp³-hybridized carbons (Fsp3) is 0.143. The second kappa shape index (κ2) is 6.59. The third-order valence-electron chi connectivity index (χ3n) is 2.50. The van der Waals surface area contributed by atoms with Crippen LogP contribution in [0.3, 0.4) is 0 Å². The second-order valence-electron chi connectivity index (χ2n) is 4.07. The van der Waals surface area contributed by atoms with Crippen molar-refractivity contribution in [1.29, 1.82) is 0 Å². The number of halogens is 2. The number of amides is 1. The van der Waals surface area contributed by atoms with E-state index in [0.29, 0.717) is 27.1 Å². The van der Waals surface area contributed by atoms with E-state index < -0.39 is 0 Å². The van der Waals surface area contributed by atoms with E-state index in [1.54, 1.807) is 36.5 Å². The number of rotatable bonds is 4. The molecular formula is C14H13Cl2N3O. The maximum atomic E-state index is 12.1. The van der Waals surface area contributed by atoms with Crippen molar-refractivity contribution in [2.45, 2.75) is 6.92 Å². The Morgan fingerprint density at radius 1 is 1.20 bits per heavy atom. The largest absolute Gasteiger partial charge is 0.370 e. The van der Waals surface area contributed by atoms with Crippen molar-refractivity contribution in [3.63, 3.8) is 0 Å². The zero-order chi connectivity index (χ0) is 14.5. The lowest BCUT2D eigenvalue weighted by atomic mass is 10.2. The molecule has 1 aromatic heterocycles. The normalized spacial score (nSPS) is 10.2. The molecule has 0 radical (unpaired) electrons. The minimum Gasteiger partial charge on any atom is -0.370 e. The van der Waals surface area contributed by atoms with Gasteiger partial charge >= 0.3 is 0 Å². The number of hydrogen-bond donors (Lipinski definition) is 2. The van der Waals surface area contributed by atoms with E-state index in [0.717, 1.165) is 6.54 Å². The molecule has 1 aromatic carbocycles. The Labute approximate surface area is 127 Å². The Bertz CT molecular complexity index is 611. The van der Waals surface area contributed by atoms with Crippen molar-refractivity contribution in [3.8, 4) is 0 Å². The summed E-state index contributed by atoms with van der Waals surface area (Å²) < 4.78 is 0. The van der Waals surface area contributed by atoms with E-state index in [-0.39, 0.29) is 5.91 Å². The predicted octanol–water partition coefficient (Wildman–Crippen LogP) is 4.07. The van der Waals surface area contributed by atoms with Crippen LogP contribution in [-0.2, 0) is 0 Å². The fourth-order valence-corrected chi connectivity index (χ4v) is 2.20. The number of carbonyl (C=O) groups excluding carboxylic acids is 1. The van der Waals surface area contributed by atoms with Crippen LogP contribution in [-0.4, -0.2) is 17.4 Å². The summed E-state index contributed by atoms with van der Waals surface area (Å²) in [4.78, 5) is 16.3. The third kappa shape index (κ3) is 3.85. The van der Waals surface area contributed by atoms with Gasteiger partial charge in [-0.05, 0) is 37.3 Å². The Morgan fingerprint density at radius 2 is 1.90 bits per heavy atom. The highest BCUT2D eigenvalue weighted by Gasteiger charge is 2.08. The molecule has 20 heavy (non-hydrogen) atoms. The predicted molar refractivity (Wildman–Crippen MR) is 82.8 cm³/mol. The van der Waals surface area contributed by atoms with Gasteiger partial charge in [0.25, 0.3) is 5.91 Å². The van der Waals surface area contributed by atoms with Gasteiger partial charge in [-0.15, -0.1) is 0 Å². The molecule has 0 aliphatic carbocycles. The van der Waals surface area contributed by atoms with E-state index in [9.17, 15) is 4.79 Å². The van der Waals surface area contributed by atoms with Crippen LogP contribution >= 0.6 is 23.2 Å². The number of anilines is 2. The molecule has 0 aliphatic rings. The fourth-order valence-electron chi connectivity index (χ4n) is 1.68. The molecule has 0 fully saturated rings. The van der Waals surface area contributed by atoms with E-state index in [2.05, 4.69) is 15.6 Å². The lowest BCUT2D eigenvalue weighted by molar-refractivity contribution is 0.102. The van der Waals surface area contributed by atoms with E-state index in [4.69, 9.17) is 23.2 Å². The number of nitrogens with one attached hydrogen (secondary N) is 2. The van der Waals surface area contributed by atoms with Gasteiger partial charge in [-0.1, -0.05) is 23.2 Å². The third-order valence-corrected chi connectivity index (χ3v) is 2.94. The van der Waals surface area contributed by atoms with Crippen molar-refractivity contribution >= 4 is 40.6 Å². The van der Waals surface area contributed by atoms with Crippen LogP contribution in [0.5, 0.6) is 0 Å². The number of aromatic nitrogens is 1. The average Bonchev–Trinajstić information content (AvgIpc) is 2.38. The molecule has 1 amide bonds. The van der Waals surface area contributed by atoms with Gasteiger partial charge in [0.2, 0.25) is 0 Å². The highest BCUT2D eigenvalue weighted by molar-refractivity contribution is 6.35. The first-order valence-corrected chi connectivity index (χ1v) is 6.81. The minimum absolute atomic E-state index is 0.245. The maximum Gasteiger partial charge on any atom is 0.255 e. The molecule has 1 heterocycles. The summed E-state index contributed by atoms with van der Waals surface area (Å²) in [5.41, 5.74) is 1.06. The molecule has 0 unspecified atom stereocenters. The smallest absolute Gasteiger partial charge is 0.255 e. The molecule has 0 aliphatic heterocycles. The van der Waals surface area contributed by atoms with E-state index in [1.165, 1.54) is 0 Å². The van der Waals surface area contributed by atoms with Gasteiger partial charge in [-0.25, -0.2) is 4.98 Å². The summed E-state index contributed by atoms with van der Waals surface area (Å²) >= 11 is 11.8. The number of benzene rings is 1. The van der Waals surface area contributed by atoms with Crippen LogP contribution in [0.25, 0.3) is 0 Å². The molecule has 2 N–H and O–H groups in total. The van der Waals surface area contributed by atoms with Gasteiger partial charge < -0.3 is 10.6 Å². The zero-order valence-corrected chi connectivity index (χ0v) is 12.3. The molecule has 2 rings (SSSR count). The number of hydrogen-bond acceptors (Lipinski definition) is 3. The summed E-state index contributed by atoms with van der Waals surface area (Å²) in [5, 5.41) is 6.73. The van der Waals surface area contributed by atoms with E-state index >= 15 is 0 Å². The second-order valence-corrected chi connectivity index (χ2v) is 4.95. The van der Waals surface area contributed by atoms with Crippen molar-refractivity contribution < 1.29 is 4.79 Å². The molecule has 4 nitrogen and oxygen atoms in total. The molecule has 104 valence electrons. The lowest BCUT2D eigenvalue weighted by Gasteiger charge is -2.08. The average molecular weight is 310 g/mol. The Hall–Kier alpha value is -1.78. The van der Waals surface area contributed by atoms with Gasteiger partial charge in [-0.3, -0.25) is 4.79 Å². The van der Waals surface area contributed by atoms with Crippen LogP contribution in [0.4, 0.5) is 11.5 Å². The highest BCUT2D eigenvalue weighted by atomic mass is 35.5. The summed E-state index contributed by atoms with van der Waals surface area (Å²) in [6.07, 6.45) is 1.58. The van der Waals surface area contributed by atoms with Crippen LogP contribution in [0.2, 0.25) is 10.0 Å². The number of pyridine rings is 1. The van der Waals surface area contributed by atoms with Crippen molar-refractivity contribution in [1.82, 2.24) is 4.98 Å². The van der Waals surface area contributed by atoms with Gasteiger partial charge in [0.05, 0.1) is 0 Å². The van der Waals surface area contributed by atoms with Crippen LogP contribution in [0, 0.1) is 0 Å². The van der Waals surface area contributed by atoms with Crippen molar-refractivity contribution in [2.75, 3.05) is 17.2 Å². The Kier molecular flexibility index (Phi) is 4.82. The molecule has 2 aromatic rings. The topological polar surface area (TPSA) is 54.0 Å². The van der Waals surface area contributed by atoms with Gasteiger partial charge in [-0.2, -0.15) is 0 Å². The van der Waals surface area contributed by atoms with Crippen LogP contribution < -0.4 is 10.6 Å².